The normalized spacial score (nSPS) is 33.7. The van der Waals surface area contributed by atoms with Crippen LogP contribution in [0.25, 0.3) is 0 Å². The van der Waals surface area contributed by atoms with Crippen molar-refractivity contribution in [1.29, 1.82) is 0 Å². The number of fused-ring (bicyclic) bond motifs is 1. The highest BCUT2D eigenvalue weighted by molar-refractivity contribution is 8.07. The van der Waals surface area contributed by atoms with Crippen LogP contribution in [0.2, 0.25) is 0 Å². The van der Waals surface area contributed by atoms with Gasteiger partial charge in [-0.15, -0.1) is 0 Å². The number of aliphatic hydroxyl groups is 1. The fourth-order valence-corrected chi connectivity index (χ4v) is 5.41. The zero-order chi connectivity index (χ0) is 24.2. The van der Waals surface area contributed by atoms with Crippen LogP contribution in [-0.4, -0.2) is 58.6 Å². The Morgan fingerprint density at radius 2 is 2.03 bits per heavy atom. The molecule has 4 rings (SSSR count). The molecular weight excluding hydrogens is 517 g/mol. The summed E-state index contributed by atoms with van der Waals surface area (Å²) in [6, 6.07) is 6.53. The summed E-state index contributed by atoms with van der Waals surface area (Å²) < 4.78 is 78.9. The molecule has 1 amide bonds. The van der Waals surface area contributed by atoms with Gasteiger partial charge >= 0.3 is 12.6 Å². The van der Waals surface area contributed by atoms with Crippen molar-refractivity contribution < 1.29 is 50.6 Å². The van der Waals surface area contributed by atoms with Gasteiger partial charge < -0.3 is 14.4 Å². The van der Waals surface area contributed by atoms with Crippen LogP contribution in [-0.2, 0) is 41.8 Å². The van der Waals surface area contributed by atoms with E-state index in [1.807, 2.05) is 0 Å². The Morgan fingerprint density at radius 1 is 1.33 bits per heavy atom. The second kappa shape index (κ2) is 8.56. The average molecular weight is 532 g/mol. The lowest BCUT2D eigenvalue weighted by atomic mass is 9.95. The van der Waals surface area contributed by atoms with Crippen molar-refractivity contribution in [2.24, 2.45) is 0 Å². The minimum Gasteiger partial charge on any atom is -0.424 e. The maximum atomic E-state index is 14.9. The number of carbonyl (C=O) groups excluding carboxylic acids is 2. The van der Waals surface area contributed by atoms with Crippen molar-refractivity contribution in [3.8, 4) is 5.75 Å². The Kier molecular flexibility index (Phi) is 6.36. The molecule has 1 aromatic rings. The predicted molar refractivity (Wildman–Crippen MR) is 107 cm³/mol. The van der Waals surface area contributed by atoms with Crippen molar-refractivity contribution in [3.63, 3.8) is 0 Å². The molecule has 1 aromatic carbocycles. The summed E-state index contributed by atoms with van der Waals surface area (Å²) in [5, 5.41) is 9.64. The lowest BCUT2D eigenvalue weighted by Crippen LogP contribution is -2.54. The van der Waals surface area contributed by atoms with Crippen LogP contribution < -0.4 is 4.52 Å². The largest absolute Gasteiger partial charge is 0.424 e. The van der Waals surface area contributed by atoms with Crippen LogP contribution >= 0.6 is 18.3 Å². The molecule has 0 aliphatic carbocycles. The fourth-order valence-electron chi connectivity index (χ4n) is 3.43. The molecule has 4 atom stereocenters. The van der Waals surface area contributed by atoms with E-state index in [-0.39, 0.29) is 17.3 Å². The number of ketones is 1. The first-order valence-corrected chi connectivity index (χ1v) is 12.2. The van der Waals surface area contributed by atoms with Crippen LogP contribution in [0.5, 0.6) is 5.75 Å². The molecule has 0 spiro atoms. The molecule has 1 saturated heterocycles. The zero-order valence-electron chi connectivity index (χ0n) is 16.3. The standard InChI is InChI=1S/C18H15ClF4NO7PS/c19-10-6-24(13(26)5-11(10)25)16-18(22,23)14(27)17(30-16,15(20)21)8-29-32(33)28-7-9-3-1-2-4-12(9)31-32/h1-4,6,14-16,27H,5,7-8H2/t14-,16-,17-,32?/m1/s1. The molecule has 1 unspecified atom stereocenters. The summed E-state index contributed by atoms with van der Waals surface area (Å²) in [4.78, 5) is 23.9. The van der Waals surface area contributed by atoms with Gasteiger partial charge in [0, 0.05) is 23.6 Å². The molecule has 0 bridgehead atoms. The topological polar surface area (TPSA) is 94.5 Å². The Morgan fingerprint density at radius 3 is 2.73 bits per heavy atom. The van der Waals surface area contributed by atoms with Crippen molar-refractivity contribution in [3.05, 3.63) is 41.1 Å². The Balaban J connectivity index is 1.60. The van der Waals surface area contributed by atoms with Crippen molar-refractivity contribution in [2.75, 3.05) is 6.61 Å². The summed E-state index contributed by atoms with van der Waals surface area (Å²) in [5.74, 6) is -6.13. The third-order valence-corrected chi connectivity index (χ3v) is 7.71. The molecule has 1 N–H and O–H groups in total. The summed E-state index contributed by atoms with van der Waals surface area (Å²) in [6.45, 7) is -5.14. The lowest BCUT2D eigenvalue weighted by molar-refractivity contribution is -0.201. The SMILES string of the molecule is O=C1CC(=O)N([C@@H]2O[C@@](COP3(=S)OCc4ccccc4O3)(C(F)F)[C@@H](O)C2(F)F)C=C1Cl. The van der Waals surface area contributed by atoms with Gasteiger partial charge in [0.15, 0.2) is 17.5 Å². The molecule has 15 heteroatoms. The van der Waals surface area contributed by atoms with E-state index in [4.69, 9.17) is 41.7 Å². The molecule has 180 valence electrons. The highest BCUT2D eigenvalue weighted by Crippen LogP contribution is 2.57. The van der Waals surface area contributed by atoms with Crippen LogP contribution in [0.1, 0.15) is 12.0 Å². The highest BCUT2D eigenvalue weighted by Gasteiger charge is 2.72. The molecule has 3 heterocycles. The molecular formula is C18H15ClF4NO7PS. The monoisotopic (exact) mass is 531 g/mol. The molecule has 0 aromatic heterocycles. The maximum Gasteiger partial charge on any atom is 0.381 e. The van der Waals surface area contributed by atoms with Crippen LogP contribution in [0.15, 0.2) is 35.5 Å². The van der Waals surface area contributed by atoms with Crippen LogP contribution in [0.3, 0.4) is 0 Å². The summed E-state index contributed by atoms with van der Waals surface area (Å²) >= 11 is 10.8. The number of hydrogen-bond donors (Lipinski definition) is 1. The minimum atomic E-state index is -4.39. The van der Waals surface area contributed by atoms with Gasteiger partial charge in [-0.3, -0.25) is 23.5 Å². The van der Waals surface area contributed by atoms with Crippen molar-refractivity contribution >= 4 is 41.8 Å². The maximum absolute atomic E-state index is 14.9. The number of carbonyl (C=O) groups is 2. The fraction of sp³-hybridized carbons (Fsp3) is 0.444. The second-order valence-corrected chi connectivity index (χ2v) is 10.7. The Bertz CT molecular complexity index is 1080. The van der Waals surface area contributed by atoms with Gasteiger partial charge in [0.25, 0.3) is 6.43 Å². The van der Waals surface area contributed by atoms with E-state index < -0.39 is 66.7 Å². The van der Waals surface area contributed by atoms with Gasteiger partial charge in [-0.1, -0.05) is 29.8 Å². The second-order valence-electron chi connectivity index (χ2n) is 7.37. The highest BCUT2D eigenvalue weighted by atomic mass is 35.5. The number of benzene rings is 1. The summed E-state index contributed by atoms with van der Waals surface area (Å²) in [7, 11) is 0. The van der Waals surface area contributed by atoms with Crippen molar-refractivity contribution in [2.45, 2.75) is 43.3 Å². The number of para-hydroxylation sites is 1. The van der Waals surface area contributed by atoms with E-state index in [1.54, 1.807) is 18.2 Å². The lowest BCUT2D eigenvalue weighted by Gasteiger charge is -2.34. The van der Waals surface area contributed by atoms with Gasteiger partial charge in [-0.05, 0) is 6.07 Å². The van der Waals surface area contributed by atoms with E-state index in [0.29, 0.717) is 11.8 Å². The molecule has 3 aliphatic rings. The average Bonchev–Trinajstić information content (AvgIpc) is 2.96. The third-order valence-electron chi connectivity index (χ3n) is 5.24. The third kappa shape index (κ3) is 4.20. The van der Waals surface area contributed by atoms with Crippen LogP contribution in [0, 0.1) is 0 Å². The van der Waals surface area contributed by atoms with Gasteiger partial charge in [-0.2, -0.15) is 8.78 Å². The smallest absolute Gasteiger partial charge is 0.381 e. The van der Waals surface area contributed by atoms with Gasteiger partial charge in [0.1, 0.15) is 10.8 Å². The van der Waals surface area contributed by atoms with Gasteiger partial charge in [0.05, 0.1) is 19.6 Å². The van der Waals surface area contributed by atoms with E-state index in [1.165, 1.54) is 6.07 Å². The first-order chi connectivity index (χ1) is 15.4. The number of Topliss-reactive ketones (excluding diaryl/α,β-unsaturated/α-hetero) is 1. The van der Waals surface area contributed by atoms with Gasteiger partial charge in [0.2, 0.25) is 12.1 Å². The number of halogens is 5. The quantitative estimate of drug-likeness (QED) is 0.352. The first kappa shape index (κ1) is 24.5. The molecule has 0 saturated carbocycles. The number of hydrogen-bond acceptors (Lipinski definition) is 8. The van der Waals surface area contributed by atoms with Gasteiger partial charge in [-0.25, -0.2) is 8.78 Å². The molecule has 0 radical (unpaired) electrons. The predicted octanol–water partition coefficient (Wildman–Crippen LogP) is 3.07. The Hall–Kier alpha value is -1.60. The molecule has 33 heavy (non-hydrogen) atoms. The number of rotatable bonds is 5. The molecule has 1 fully saturated rings. The summed E-state index contributed by atoms with van der Waals surface area (Å²) in [5.41, 5.74) is -2.69. The number of ether oxygens (including phenoxy) is 1. The van der Waals surface area contributed by atoms with E-state index in [2.05, 4.69) is 0 Å². The molecule has 3 aliphatic heterocycles. The summed E-state index contributed by atoms with van der Waals surface area (Å²) in [6.07, 6.45) is -9.83. The minimum absolute atomic E-state index is 0.0725. The van der Waals surface area contributed by atoms with E-state index in [9.17, 15) is 32.3 Å². The van der Waals surface area contributed by atoms with E-state index in [0.717, 1.165) is 0 Å². The zero-order valence-corrected chi connectivity index (χ0v) is 18.8. The number of nitrogens with zero attached hydrogens (tertiary/aromatic N) is 1. The van der Waals surface area contributed by atoms with E-state index >= 15 is 0 Å². The number of aliphatic hydroxyl groups excluding tert-OH is 1. The van der Waals surface area contributed by atoms with Crippen molar-refractivity contribution in [1.82, 2.24) is 4.90 Å². The first-order valence-electron chi connectivity index (χ1n) is 9.30. The number of allylic oxidation sites excluding steroid dienone is 1. The number of amides is 1. The number of alkyl halides is 4. The Labute approximate surface area is 194 Å². The molecule has 8 nitrogen and oxygen atoms in total. The van der Waals surface area contributed by atoms with Crippen LogP contribution in [0.4, 0.5) is 17.6 Å².